The number of nitrogens with zero attached hydrogens (tertiary/aromatic N) is 2. The van der Waals surface area contributed by atoms with Crippen molar-refractivity contribution in [3.05, 3.63) is 16.1 Å². The summed E-state index contributed by atoms with van der Waals surface area (Å²) in [4.78, 5) is 7.99. The van der Waals surface area contributed by atoms with Crippen LogP contribution in [0, 0.1) is 0 Å². The van der Waals surface area contributed by atoms with Crippen molar-refractivity contribution < 1.29 is 0 Å². The van der Waals surface area contributed by atoms with Crippen molar-refractivity contribution in [3.63, 3.8) is 0 Å². The van der Waals surface area contributed by atoms with Crippen molar-refractivity contribution in [3.8, 4) is 0 Å². The zero-order valence-electron chi connectivity index (χ0n) is 7.70. The molecule has 0 atom stereocenters. The minimum atomic E-state index is 0.623. The highest BCUT2D eigenvalue weighted by atomic mass is 32.1. The maximum Gasteiger partial charge on any atom is 0.107 e. The van der Waals surface area contributed by atoms with Crippen LogP contribution in [-0.4, -0.2) is 23.0 Å². The third-order valence-corrected chi connectivity index (χ3v) is 3.36. The zero-order chi connectivity index (χ0) is 9.10. The molecule has 4 heteroatoms. The molecule has 1 aliphatic rings. The molecule has 1 saturated heterocycles. The van der Waals surface area contributed by atoms with Gasteiger partial charge >= 0.3 is 0 Å². The molecular weight excluding hydrogens is 182 g/mol. The molecule has 0 spiro atoms. The van der Waals surface area contributed by atoms with Crippen LogP contribution in [0.4, 0.5) is 0 Å². The molecule has 0 bridgehead atoms. The summed E-state index contributed by atoms with van der Waals surface area (Å²) < 4.78 is 0. The first-order chi connectivity index (χ1) is 6.38. The van der Waals surface area contributed by atoms with Gasteiger partial charge in [0.1, 0.15) is 5.01 Å². The lowest BCUT2D eigenvalue weighted by Gasteiger charge is -2.11. The van der Waals surface area contributed by atoms with E-state index in [0.717, 1.165) is 6.54 Å². The third-order valence-electron chi connectivity index (χ3n) is 2.36. The fourth-order valence-electron chi connectivity index (χ4n) is 1.65. The predicted molar refractivity (Wildman–Crippen MR) is 54.5 cm³/mol. The summed E-state index contributed by atoms with van der Waals surface area (Å²) in [6, 6.07) is 0. The second-order valence-electron chi connectivity index (χ2n) is 3.41. The predicted octanol–water partition coefficient (Wildman–Crippen LogP) is 1.20. The molecule has 2 rings (SSSR count). The molecule has 2 N–H and O–H groups in total. The lowest BCUT2D eigenvalue weighted by atomic mass is 10.4. The number of hydrogen-bond donors (Lipinski definition) is 1. The maximum absolute atomic E-state index is 5.53. The van der Waals surface area contributed by atoms with E-state index in [4.69, 9.17) is 5.73 Å². The fraction of sp³-hybridized carbons (Fsp3) is 0.667. The molecule has 0 radical (unpaired) electrons. The lowest BCUT2D eigenvalue weighted by Crippen LogP contribution is -2.17. The van der Waals surface area contributed by atoms with Crippen LogP contribution in [0.15, 0.2) is 6.20 Å². The SMILES string of the molecule is NCc1cnc(CN2CCCC2)s1. The van der Waals surface area contributed by atoms with Gasteiger partial charge in [-0.3, -0.25) is 4.90 Å². The van der Waals surface area contributed by atoms with Crippen molar-refractivity contribution in [2.24, 2.45) is 5.73 Å². The minimum Gasteiger partial charge on any atom is -0.326 e. The molecule has 1 aliphatic heterocycles. The quantitative estimate of drug-likeness (QED) is 0.791. The van der Waals surface area contributed by atoms with Gasteiger partial charge in [0, 0.05) is 17.6 Å². The van der Waals surface area contributed by atoms with E-state index in [1.54, 1.807) is 11.3 Å². The number of thiazole rings is 1. The summed E-state index contributed by atoms with van der Waals surface area (Å²) in [6.45, 7) is 4.11. The highest BCUT2D eigenvalue weighted by molar-refractivity contribution is 7.11. The monoisotopic (exact) mass is 197 g/mol. The number of aromatic nitrogens is 1. The molecule has 2 heterocycles. The molecule has 0 aromatic carbocycles. The van der Waals surface area contributed by atoms with Crippen LogP contribution in [0.25, 0.3) is 0 Å². The lowest BCUT2D eigenvalue weighted by molar-refractivity contribution is 0.331. The van der Waals surface area contributed by atoms with Crippen LogP contribution < -0.4 is 5.73 Å². The van der Waals surface area contributed by atoms with Gasteiger partial charge < -0.3 is 5.73 Å². The Labute approximate surface area is 82.6 Å². The van der Waals surface area contributed by atoms with Crippen LogP contribution in [0.2, 0.25) is 0 Å². The summed E-state index contributed by atoms with van der Waals surface area (Å²) in [6.07, 6.45) is 4.58. The van der Waals surface area contributed by atoms with Gasteiger partial charge in [-0.25, -0.2) is 4.98 Å². The van der Waals surface area contributed by atoms with E-state index in [1.807, 2.05) is 6.20 Å². The number of rotatable bonds is 3. The van der Waals surface area contributed by atoms with Gasteiger partial charge in [-0.15, -0.1) is 11.3 Å². The topological polar surface area (TPSA) is 42.1 Å². The molecule has 1 aromatic rings. The van der Waals surface area contributed by atoms with Gasteiger partial charge in [0.2, 0.25) is 0 Å². The van der Waals surface area contributed by atoms with Crippen LogP contribution in [0.1, 0.15) is 22.7 Å². The Morgan fingerprint density at radius 3 is 2.85 bits per heavy atom. The average Bonchev–Trinajstić information content (AvgIpc) is 2.76. The fourth-order valence-corrected chi connectivity index (χ4v) is 2.49. The van der Waals surface area contributed by atoms with E-state index < -0.39 is 0 Å². The molecule has 13 heavy (non-hydrogen) atoms. The number of hydrogen-bond acceptors (Lipinski definition) is 4. The van der Waals surface area contributed by atoms with Gasteiger partial charge in [0.15, 0.2) is 0 Å². The third kappa shape index (κ3) is 2.27. The Balaban J connectivity index is 1.92. The van der Waals surface area contributed by atoms with Crippen LogP contribution in [0.5, 0.6) is 0 Å². The van der Waals surface area contributed by atoms with Crippen molar-refractivity contribution in [2.45, 2.75) is 25.9 Å². The van der Waals surface area contributed by atoms with E-state index in [1.165, 1.54) is 35.8 Å². The summed E-state index contributed by atoms with van der Waals surface area (Å²) >= 11 is 1.74. The molecule has 3 nitrogen and oxygen atoms in total. The minimum absolute atomic E-state index is 0.623. The van der Waals surface area contributed by atoms with Gasteiger partial charge in [-0.1, -0.05) is 0 Å². The van der Waals surface area contributed by atoms with Gasteiger partial charge in [-0.05, 0) is 25.9 Å². The Morgan fingerprint density at radius 2 is 2.23 bits per heavy atom. The second-order valence-corrected chi connectivity index (χ2v) is 4.61. The zero-order valence-corrected chi connectivity index (χ0v) is 8.52. The Morgan fingerprint density at radius 1 is 1.46 bits per heavy atom. The normalized spacial score (nSPS) is 18.2. The molecule has 0 aliphatic carbocycles. The summed E-state index contributed by atoms with van der Waals surface area (Å²) in [5.74, 6) is 0. The molecule has 72 valence electrons. The molecule has 0 amide bonds. The Hall–Kier alpha value is -0.450. The molecule has 0 unspecified atom stereocenters. The van der Waals surface area contributed by atoms with Crippen LogP contribution >= 0.6 is 11.3 Å². The van der Waals surface area contributed by atoms with Crippen LogP contribution in [-0.2, 0) is 13.1 Å². The van der Waals surface area contributed by atoms with Gasteiger partial charge in [0.05, 0.1) is 6.54 Å². The largest absolute Gasteiger partial charge is 0.326 e. The standard InChI is InChI=1S/C9H15N3S/c10-5-8-6-11-9(13-8)7-12-3-1-2-4-12/h6H,1-5,7,10H2. The summed E-state index contributed by atoms with van der Waals surface area (Å²) in [7, 11) is 0. The van der Waals surface area contributed by atoms with Crippen LogP contribution in [0.3, 0.4) is 0 Å². The van der Waals surface area contributed by atoms with Gasteiger partial charge in [0.25, 0.3) is 0 Å². The van der Waals surface area contributed by atoms with Crippen molar-refractivity contribution in [1.82, 2.24) is 9.88 Å². The van der Waals surface area contributed by atoms with E-state index >= 15 is 0 Å². The number of likely N-dealkylation sites (tertiary alicyclic amines) is 1. The van der Waals surface area contributed by atoms with E-state index in [2.05, 4.69) is 9.88 Å². The Kier molecular flexibility index (Phi) is 2.93. The van der Waals surface area contributed by atoms with Crippen molar-refractivity contribution in [2.75, 3.05) is 13.1 Å². The molecular formula is C9H15N3S. The second kappa shape index (κ2) is 4.17. The summed E-state index contributed by atoms with van der Waals surface area (Å²) in [5.41, 5.74) is 5.53. The van der Waals surface area contributed by atoms with Crippen molar-refractivity contribution >= 4 is 11.3 Å². The smallest absolute Gasteiger partial charge is 0.107 e. The summed E-state index contributed by atoms with van der Waals surface area (Å²) in [5, 5.41) is 1.21. The number of nitrogens with two attached hydrogens (primary N) is 1. The maximum atomic E-state index is 5.53. The first-order valence-electron chi connectivity index (χ1n) is 4.74. The first kappa shape index (κ1) is 9.12. The average molecular weight is 197 g/mol. The van der Waals surface area contributed by atoms with Crippen molar-refractivity contribution in [1.29, 1.82) is 0 Å². The van der Waals surface area contributed by atoms with E-state index in [-0.39, 0.29) is 0 Å². The molecule has 1 aromatic heterocycles. The van der Waals surface area contributed by atoms with E-state index in [9.17, 15) is 0 Å². The highest BCUT2D eigenvalue weighted by Crippen LogP contribution is 2.17. The van der Waals surface area contributed by atoms with Gasteiger partial charge in [-0.2, -0.15) is 0 Å². The highest BCUT2D eigenvalue weighted by Gasteiger charge is 2.13. The van der Waals surface area contributed by atoms with E-state index in [0.29, 0.717) is 6.54 Å². The Bertz CT molecular complexity index is 266. The first-order valence-corrected chi connectivity index (χ1v) is 5.56. The molecule has 0 saturated carbocycles. The molecule has 1 fully saturated rings.